The van der Waals surface area contributed by atoms with E-state index in [1.165, 1.54) is 4.31 Å². The fraction of sp³-hybridized carbons (Fsp3) is 0.261. The molecule has 0 unspecified atom stereocenters. The Kier molecular flexibility index (Phi) is 7.42. The number of benzene rings is 2. The molecule has 0 N–H and O–H groups in total. The lowest BCUT2D eigenvalue weighted by Gasteiger charge is -2.29. The summed E-state index contributed by atoms with van der Waals surface area (Å²) in [6.07, 6.45) is 0. The highest BCUT2D eigenvalue weighted by atomic mass is 32.2. The van der Waals surface area contributed by atoms with Crippen molar-refractivity contribution in [1.29, 1.82) is 0 Å². The van der Waals surface area contributed by atoms with Crippen molar-refractivity contribution in [2.45, 2.75) is 37.9 Å². The lowest BCUT2D eigenvalue weighted by atomic mass is 10.2. The number of rotatable bonds is 9. The second kappa shape index (κ2) is 10.0. The first-order chi connectivity index (χ1) is 14.4. The SMILES string of the molecule is CC(C)N(CC(=O)N(Cc1ccccc1)Cc1cccs1)S(=O)(=O)c1ccccc1. The van der Waals surface area contributed by atoms with Gasteiger partial charge in [-0.2, -0.15) is 4.31 Å². The molecule has 0 spiro atoms. The maximum absolute atomic E-state index is 13.3. The highest BCUT2D eigenvalue weighted by Gasteiger charge is 2.30. The second-order valence-electron chi connectivity index (χ2n) is 7.27. The van der Waals surface area contributed by atoms with Crippen LogP contribution in [0.5, 0.6) is 0 Å². The topological polar surface area (TPSA) is 57.7 Å². The van der Waals surface area contributed by atoms with E-state index in [1.54, 1.807) is 60.4 Å². The van der Waals surface area contributed by atoms with Gasteiger partial charge in [-0.15, -0.1) is 11.3 Å². The van der Waals surface area contributed by atoms with E-state index in [4.69, 9.17) is 0 Å². The molecule has 30 heavy (non-hydrogen) atoms. The summed E-state index contributed by atoms with van der Waals surface area (Å²) in [6, 6.07) is 21.6. The molecule has 1 amide bonds. The molecule has 158 valence electrons. The summed E-state index contributed by atoms with van der Waals surface area (Å²) in [6.45, 7) is 4.24. The number of nitrogens with zero attached hydrogens (tertiary/aromatic N) is 2. The minimum Gasteiger partial charge on any atom is -0.332 e. The molecule has 0 saturated carbocycles. The van der Waals surface area contributed by atoms with Crippen LogP contribution in [0.25, 0.3) is 0 Å². The molecule has 0 aliphatic rings. The molecule has 3 aromatic rings. The fourth-order valence-corrected chi connectivity index (χ4v) is 5.46. The number of carbonyl (C=O) groups excluding carboxylic acids is 1. The van der Waals surface area contributed by atoms with Gasteiger partial charge in [0, 0.05) is 17.5 Å². The molecule has 3 rings (SSSR count). The predicted molar refractivity (Wildman–Crippen MR) is 120 cm³/mol. The maximum Gasteiger partial charge on any atom is 0.243 e. The van der Waals surface area contributed by atoms with Crippen molar-refractivity contribution in [2.75, 3.05) is 6.54 Å². The Labute approximate surface area is 182 Å². The molecule has 5 nitrogen and oxygen atoms in total. The van der Waals surface area contributed by atoms with Gasteiger partial charge in [0.05, 0.1) is 18.0 Å². The Hall–Kier alpha value is -2.48. The first-order valence-electron chi connectivity index (χ1n) is 9.79. The van der Waals surface area contributed by atoms with Crippen LogP contribution in [0.15, 0.2) is 83.1 Å². The number of amides is 1. The summed E-state index contributed by atoms with van der Waals surface area (Å²) in [7, 11) is -3.78. The Bertz CT molecular complexity index is 1030. The first-order valence-corrected chi connectivity index (χ1v) is 12.1. The largest absolute Gasteiger partial charge is 0.332 e. The Morgan fingerprint density at radius 2 is 1.53 bits per heavy atom. The van der Waals surface area contributed by atoms with Crippen molar-refractivity contribution < 1.29 is 13.2 Å². The van der Waals surface area contributed by atoms with Gasteiger partial charge < -0.3 is 4.90 Å². The van der Waals surface area contributed by atoms with Crippen LogP contribution in [-0.4, -0.2) is 36.1 Å². The number of sulfonamides is 1. The van der Waals surface area contributed by atoms with Crippen molar-refractivity contribution in [1.82, 2.24) is 9.21 Å². The van der Waals surface area contributed by atoms with Gasteiger partial charge in [-0.25, -0.2) is 8.42 Å². The zero-order valence-electron chi connectivity index (χ0n) is 17.1. The van der Waals surface area contributed by atoms with E-state index in [2.05, 4.69) is 0 Å². The molecule has 0 aliphatic carbocycles. The van der Waals surface area contributed by atoms with Gasteiger partial charge in [0.2, 0.25) is 15.9 Å². The molecule has 0 atom stereocenters. The average molecular weight is 443 g/mol. The first kappa shape index (κ1) is 22.2. The Morgan fingerprint density at radius 3 is 2.10 bits per heavy atom. The van der Waals surface area contributed by atoms with E-state index in [0.717, 1.165) is 10.4 Å². The van der Waals surface area contributed by atoms with E-state index >= 15 is 0 Å². The second-order valence-corrected chi connectivity index (χ2v) is 10.2. The van der Waals surface area contributed by atoms with Gasteiger partial charge in [0.25, 0.3) is 0 Å². The number of hydrogen-bond donors (Lipinski definition) is 0. The minimum atomic E-state index is -3.78. The lowest BCUT2D eigenvalue weighted by molar-refractivity contribution is -0.132. The van der Waals surface area contributed by atoms with Gasteiger partial charge in [-0.1, -0.05) is 54.6 Å². The van der Waals surface area contributed by atoms with Gasteiger partial charge in [0.15, 0.2) is 0 Å². The van der Waals surface area contributed by atoms with Crippen molar-refractivity contribution in [2.24, 2.45) is 0 Å². The highest BCUT2D eigenvalue weighted by molar-refractivity contribution is 7.89. The van der Waals surface area contributed by atoms with Crippen LogP contribution in [0.2, 0.25) is 0 Å². The monoisotopic (exact) mass is 442 g/mol. The third-order valence-corrected chi connectivity index (χ3v) is 7.61. The lowest BCUT2D eigenvalue weighted by Crippen LogP contribution is -2.45. The maximum atomic E-state index is 13.3. The summed E-state index contributed by atoms with van der Waals surface area (Å²) in [5.74, 6) is -0.222. The summed E-state index contributed by atoms with van der Waals surface area (Å²) >= 11 is 1.58. The smallest absolute Gasteiger partial charge is 0.243 e. The van der Waals surface area contributed by atoms with E-state index in [9.17, 15) is 13.2 Å². The summed E-state index contributed by atoms with van der Waals surface area (Å²) in [5, 5.41) is 1.97. The molecule has 1 heterocycles. The van der Waals surface area contributed by atoms with Gasteiger partial charge in [-0.05, 0) is 43.0 Å². The summed E-state index contributed by atoms with van der Waals surface area (Å²) < 4.78 is 27.6. The zero-order chi connectivity index (χ0) is 21.6. The van der Waals surface area contributed by atoms with E-state index in [0.29, 0.717) is 13.1 Å². The van der Waals surface area contributed by atoms with Crippen LogP contribution < -0.4 is 0 Å². The summed E-state index contributed by atoms with van der Waals surface area (Å²) in [4.78, 5) is 16.3. The van der Waals surface area contributed by atoms with Crippen LogP contribution in [0.3, 0.4) is 0 Å². The van der Waals surface area contributed by atoms with Crippen LogP contribution in [0.4, 0.5) is 0 Å². The van der Waals surface area contributed by atoms with Crippen LogP contribution >= 0.6 is 11.3 Å². The predicted octanol–water partition coefficient (Wildman–Crippen LogP) is 4.38. The van der Waals surface area contributed by atoms with Crippen molar-refractivity contribution >= 4 is 27.3 Å². The zero-order valence-corrected chi connectivity index (χ0v) is 18.8. The molecule has 1 aromatic heterocycles. The molecule has 0 aliphatic heterocycles. The van der Waals surface area contributed by atoms with E-state index in [1.807, 2.05) is 47.8 Å². The number of carbonyl (C=O) groups is 1. The fourth-order valence-electron chi connectivity index (χ4n) is 3.13. The third-order valence-electron chi connectivity index (χ3n) is 4.71. The quantitative estimate of drug-likeness (QED) is 0.494. The average Bonchev–Trinajstić information content (AvgIpc) is 3.25. The molecule has 7 heteroatoms. The normalized spacial score (nSPS) is 11.7. The van der Waals surface area contributed by atoms with Crippen molar-refractivity contribution in [3.63, 3.8) is 0 Å². The van der Waals surface area contributed by atoms with E-state index < -0.39 is 10.0 Å². The van der Waals surface area contributed by atoms with Crippen LogP contribution in [0.1, 0.15) is 24.3 Å². The van der Waals surface area contributed by atoms with Crippen molar-refractivity contribution in [3.05, 3.63) is 88.6 Å². The third kappa shape index (κ3) is 5.56. The van der Waals surface area contributed by atoms with Crippen molar-refractivity contribution in [3.8, 4) is 0 Å². The summed E-state index contributed by atoms with van der Waals surface area (Å²) in [5.41, 5.74) is 1.00. The number of thiophene rings is 1. The molecule has 0 fully saturated rings. The standard InChI is InChI=1S/C23H26N2O3S2/c1-19(2)25(30(27,28)22-13-7-4-8-14-22)18-23(26)24(17-21-12-9-15-29-21)16-20-10-5-3-6-11-20/h3-15,19H,16-18H2,1-2H3. The van der Waals surface area contributed by atoms with Crippen LogP contribution in [0, 0.1) is 0 Å². The van der Waals surface area contributed by atoms with Gasteiger partial charge in [0.1, 0.15) is 0 Å². The molecule has 2 aromatic carbocycles. The molecular weight excluding hydrogens is 416 g/mol. The molecular formula is C23H26N2O3S2. The number of hydrogen-bond acceptors (Lipinski definition) is 4. The molecule has 0 saturated heterocycles. The van der Waals surface area contributed by atoms with E-state index in [-0.39, 0.29) is 23.4 Å². The van der Waals surface area contributed by atoms with Gasteiger partial charge in [-0.3, -0.25) is 4.79 Å². The molecule has 0 radical (unpaired) electrons. The molecule has 0 bridgehead atoms. The van der Waals surface area contributed by atoms with Gasteiger partial charge >= 0.3 is 0 Å². The Morgan fingerprint density at radius 1 is 0.900 bits per heavy atom. The minimum absolute atomic E-state index is 0.194. The van der Waals surface area contributed by atoms with Crippen LogP contribution in [-0.2, 0) is 27.9 Å². The Balaban J connectivity index is 1.84. The highest BCUT2D eigenvalue weighted by Crippen LogP contribution is 2.20.